The van der Waals surface area contributed by atoms with E-state index in [1.807, 2.05) is 23.6 Å². The Labute approximate surface area is 177 Å². The van der Waals surface area contributed by atoms with Crippen LogP contribution in [-0.4, -0.2) is 24.2 Å². The van der Waals surface area contributed by atoms with Crippen molar-refractivity contribution >= 4 is 49.7 Å². The van der Waals surface area contributed by atoms with Gasteiger partial charge in [-0.3, -0.25) is 14.5 Å². The fraction of sp³-hybridized carbons (Fsp3) is 0. The molecule has 0 unspecified atom stereocenters. The van der Waals surface area contributed by atoms with Gasteiger partial charge in [0.25, 0.3) is 10.0 Å². The molecule has 0 saturated carbocycles. The summed E-state index contributed by atoms with van der Waals surface area (Å²) in [6, 6.07) is 16.9. The molecular formula is C21H16N4O3S2. The highest BCUT2D eigenvalue weighted by atomic mass is 32.2. The first kappa shape index (κ1) is 19.7. The van der Waals surface area contributed by atoms with Gasteiger partial charge in [-0.2, -0.15) is 0 Å². The lowest BCUT2D eigenvalue weighted by atomic mass is 10.3. The van der Waals surface area contributed by atoms with Crippen LogP contribution in [0.3, 0.4) is 0 Å². The molecule has 2 heterocycles. The quantitative estimate of drug-likeness (QED) is 0.331. The van der Waals surface area contributed by atoms with Gasteiger partial charge in [-0.05, 0) is 47.8 Å². The number of carbonyl (C=O) groups excluding carboxylic acids is 1. The maximum atomic E-state index is 12.6. The summed E-state index contributed by atoms with van der Waals surface area (Å²) in [5.41, 5.74) is 1.93. The number of sulfonamides is 1. The summed E-state index contributed by atoms with van der Waals surface area (Å²) < 4.78 is 27.7. The molecular weight excluding hydrogens is 420 g/mol. The van der Waals surface area contributed by atoms with Crippen LogP contribution in [0.5, 0.6) is 0 Å². The Hall–Kier alpha value is -3.56. The van der Waals surface area contributed by atoms with Crippen molar-refractivity contribution in [2.45, 2.75) is 4.90 Å². The number of aromatic nitrogens is 2. The fourth-order valence-corrected chi connectivity index (χ4v) is 4.28. The minimum absolute atomic E-state index is 0.0849. The van der Waals surface area contributed by atoms with Crippen molar-refractivity contribution in [2.75, 3.05) is 10.0 Å². The van der Waals surface area contributed by atoms with Crippen LogP contribution in [0, 0.1) is 0 Å². The van der Waals surface area contributed by atoms with Crippen molar-refractivity contribution < 1.29 is 13.2 Å². The van der Waals surface area contributed by atoms with Crippen LogP contribution in [0.2, 0.25) is 0 Å². The molecule has 0 bridgehead atoms. The van der Waals surface area contributed by atoms with Crippen LogP contribution in [0.25, 0.3) is 11.0 Å². The minimum atomic E-state index is -3.81. The van der Waals surface area contributed by atoms with Gasteiger partial charge in [0.05, 0.1) is 27.0 Å². The van der Waals surface area contributed by atoms with Crippen LogP contribution >= 0.6 is 11.3 Å². The fourth-order valence-electron chi connectivity index (χ4n) is 2.65. The summed E-state index contributed by atoms with van der Waals surface area (Å²) in [6.45, 7) is 0. The van der Waals surface area contributed by atoms with Gasteiger partial charge in [0.1, 0.15) is 0 Å². The highest BCUT2D eigenvalue weighted by molar-refractivity contribution is 7.92. The molecule has 0 aliphatic heterocycles. The number of allylic oxidation sites excluding steroid dienone is 1. The summed E-state index contributed by atoms with van der Waals surface area (Å²) in [6.07, 6.45) is 4.33. The van der Waals surface area contributed by atoms with E-state index in [9.17, 15) is 13.2 Å². The first-order chi connectivity index (χ1) is 14.5. The van der Waals surface area contributed by atoms with E-state index in [2.05, 4.69) is 20.0 Å². The van der Waals surface area contributed by atoms with Crippen LogP contribution in [0.15, 0.2) is 89.4 Å². The highest BCUT2D eigenvalue weighted by Gasteiger charge is 2.15. The Morgan fingerprint density at radius 3 is 2.47 bits per heavy atom. The SMILES string of the molecule is O=C(C=CNc1ccc(S(=O)(=O)Nc2cnc3ccccc3n2)cc1)c1cccs1. The minimum Gasteiger partial charge on any atom is -0.362 e. The summed E-state index contributed by atoms with van der Waals surface area (Å²) in [5, 5.41) is 4.79. The number of para-hydroxylation sites is 2. The summed E-state index contributed by atoms with van der Waals surface area (Å²) in [5.74, 6) is 0.0447. The lowest BCUT2D eigenvalue weighted by Gasteiger charge is -2.08. The van der Waals surface area contributed by atoms with Gasteiger partial charge >= 0.3 is 0 Å². The maximum absolute atomic E-state index is 12.6. The molecule has 7 nitrogen and oxygen atoms in total. The predicted octanol–water partition coefficient (Wildman–Crippen LogP) is 4.30. The molecule has 2 aromatic heterocycles. The van der Waals surface area contributed by atoms with E-state index < -0.39 is 10.0 Å². The Morgan fingerprint density at radius 1 is 0.967 bits per heavy atom. The van der Waals surface area contributed by atoms with Gasteiger partial charge in [-0.25, -0.2) is 13.4 Å². The molecule has 9 heteroatoms. The zero-order valence-corrected chi connectivity index (χ0v) is 17.2. The largest absolute Gasteiger partial charge is 0.362 e. The topological polar surface area (TPSA) is 101 Å². The van der Waals surface area contributed by atoms with Crippen LogP contribution < -0.4 is 10.0 Å². The molecule has 2 N–H and O–H groups in total. The number of fused-ring (bicyclic) bond motifs is 1. The Balaban J connectivity index is 1.43. The number of benzene rings is 2. The number of carbonyl (C=O) groups is 1. The Morgan fingerprint density at radius 2 is 1.73 bits per heavy atom. The Kier molecular flexibility index (Phi) is 5.55. The number of nitrogens with one attached hydrogen (secondary N) is 2. The summed E-state index contributed by atoms with van der Waals surface area (Å²) in [4.78, 5) is 21.1. The number of nitrogens with zero attached hydrogens (tertiary/aromatic N) is 2. The van der Waals surface area contributed by atoms with Gasteiger partial charge in [0, 0.05) is 18.0 Å². The standard InChI is InChI=1S/C21H16N4O3S2/c26-19(20-6-3-13-29-20)11-12-22-15-7-9-16(10-8-15)30(27,28)25-21-14-23-17-4-1-2-5-18(17)24-21/h1-14,22H,(H,24,25). The van der Waals surface area contributed by atoms with Crippen molar-refractivity contribution in [2.24, 2.45) is 0 Å². The molecule has 2 aromatic carbocycles. The third-order valence-corrected chi connectivity index (χ3v) is 6.36. The average molecular weight is 437 g/mol. The number of hydrogen-bond donors (Lipinski definition) is 2. The molecule has 0 aliphatic rings. The molecule has 0 fully saturated rings. The molecule has 0 saturated heterocycles. The molecule has 0 aliphatic carbocycles. The highest BCUT2D eigenvalue weighted by Crippen LogP contribution is 2.19. The molecule has 150 valence electrons. The van der Waals surface area contributed by atoms with Crippen LogP contribution in [0.1, 0.15) is 9.67 Å². The van der Waals surface area contributed by atoms with Crippen molar-refractivity contribution in [3.05, 3.63) is 89.4 Å². The average Bonchev–Trinajstić information content (AvgIpc) is 3.29. The van der Waals surface area contributed by atoms with Crippen LogP contribution in [0.4, 0.5) is 11.5 Å². The van der Waals surface area contributed by atoms with Crippen molar-refractivity contribution in [3.8, 4) is 0 Å². The van der Waals surface area contributed by atoms with Gasteiger partial charge in [-0.1, -0.05) is 18.2 Å². The van der Waals surface area contributed by atoms with E-state index in [0.717, 1.165) is 0 Å². The van der Waals surface area contributed by atoms with E-state index in [4.69, 9.17) is 0 Å². The van der Waals surface area contributed by atoms with E-state index in [1.165, 1.54) is 41.9 Å². The second kappa shape index (κ2) is 8.44. The smallest absolute Gasteiger partial charge is 0.263 e. The van der Waals surface area contributed by atoms with Crippen molar-refractivity contribution in [3.63, 3.8) is 0 Å². The van der Waals surface area contributed by atoms with Gasteiger partial charge < -0.3 is 5.32 Å². The molecule has 30 heavy (non-hydrogen) atoms. The number of rotatable bonds is 7. The molecule has 0 spiro atoms. The van der Waals surface area contributed by atoms with Crippen LogP contribution in [-0.2, 0) is 10.0 Å². The maximum Gasteiger partial charge on any atom is 0.263 e. The summed E-state index contributed by atoms with van der Waals surface area (Å²) in [7, 11) is -3.81. The zero-order chi connectivity index (χ0) is 21.0. The first-order valence-corrected chi connectivity index (χ1v) is 11.2. The van der Waals surface area contributed by atoms with Gasteiger partial charge in [-0.15, -0.1) is 11.3 Å². The number of anilines is 2. The molecule has 0 atom stereocenters. The summed E-state index contributed by atoms with van der Waals surface area (Å²) >= 11 is 1.37. The monoisotopic (exact) mass is 436 g/mol. The zero-order valence-electron chi connectivity index (χ0n) is 15.5. The van der Waals surface area contributed by atoms with E-state index in [1.54, 1.807) is 30.3 Å². The lowest BCUT2D eigenvalue weighted by molar-refractivity contribution is 0.105. The van der Waals surface area contributed by atoms with Crippen molar-refractivity contribution in [1.82, 2.24) is 9.97 Å². The second-order valence-electron chi connectivity index (χ2n) is 6.19. The van der Waals surface area contributed by atoms with E-state index in [0.29, 0.717) is 21.6 Å². The van der Waals surface area contributed by atoms with Gasteiger partial charge in [0.15, 0.2) is 11.6 Å². The predicted molar refractivity (Wildman–Crippen MR) is 118 cm³/mol. The van der Waals surface area contributed by atoms with E-state index >= 15 is 0 Å². The first-order valence-electron chi connectivity index (χ1n) is 8.87. The molecule has 4 aromatic rings. The van der Waals surface area contributed by atoms with Crippen molar-refractivity contribution in [1.29, 1.82) is 0 Å². The lowest BCUT2D eigenvalue weighted by Crippen LogP contribution is -2.14. The second-order valence-corrected chi connectivity index (χ2v) is 8.82. The number of hydrogen-bond acceptors (Lipinski definition) is 7. The normalized spacial score (nSPS) is 11.6. The van der Waals surface area contributed by atoms with Gasteiger partial charge in [0.2, 0.25) is 0 Å². The third-order valence-electron chi connectivity index (χ3n) is 4.10. The molecule has 0 amide bonds. The molecule has 0 radical (unpaired) electrons. The molecule has 4 rings (SSSR count). The third kappa shape index (κ3) is 4.53. The van der Waals surface area contributed by atoms with E-state index in [-0.39, 0.29) is 16.5 Å². The Bertz CT molecular complexity index is 1320. The number of ketones is 1. The number of thiophene rings is 1.